The predicted molar refractivity (Wildman–Crippen MR) is 112 cm³/mol. The van der Waals surface area contributed by atoms with E-state index in [9.17, 15) is 9.90 Å². The number of carbonyl (C=O) groups is 1. The molecule has 0 spiro atoms. The first-order valence-corrected chi connectivity index (χ1v) is 10.9. The highest BCUT2D eigenvalue weighted by molar-refractivity contribution is 5.93. The Morgan fingerprint density at radius 1 is 1.00 bits per heavy atom. The van der Waals surface area contributed by atoms with E-state index in [1.807, 2.05) is 24.3 Å². The van der Waals surface area contributed by atoms with Crippen LogP contribution in [0.5, 0.6) is 11.5 Å². The maximum Gasteiger partial charge on any atom is 0.344 e. The number of ether oxygens (including phenoxy) is 2. The van der Waals surface area contributed by atoms with E-state index in [-0.39, 0.29) is 23.7 Å². The van der Waals surface area contributed by atoms with E-state index in [2.05, 4.69) is 13.8 Å². The van der Waals surface area contributed by atoms with Crippen molar-refractivity contribution < 1.29 is 19.4 Å². The molecule has 4 bridgehead atoms. The zero-order valence-electron chi connectivity index (χ0n) is 17.3. The molecule has 0 saturated heterocycles. The second kappa shape index (κ2) is 6.65. The quantitative estimate of drug-likeness (QED) is 0.684. The third-order valence-corrected chi connectivity index (χ3v) is 7.89. The molecule has 0 aliphatic heterocycles. The lowest BCUT2D eigenvalue weighted by atomic mass is 9.46. The second-order valence-electron chi connectivity index (χ2n) is 10.1. The van der Waals surface area contributed by atoms with Crippen LogP contribution in [-0.4, -0.2) is 23.3 Å². The van der Waals surface area contributed by atoms with Crippen molar-refractivity contribution in [3.8, 4) is 11.5 Å². The molecule has 4 saturated carbocycles. The lowest BCUT2D eigenvalue weighted by Crippen LogP contribution is -2.57. The molecular weight excluding hydrogens is 364 g/mol. The molecule has 4 aliphatic carbocycles. The fourth-order valence-electron chi connectivity index (χ4n) is 6.80. The maximum absolute atomic E-state index is 12.7. The molecule has 6 rings (SSSR count). The van der Waals surface area contributed by atoms with Gasteiger partial charge in [-0.1, -0.05) is 24.3 Å². The highest BCUT2D eigenvalue weighted by atomic mass is 16.6. The maximum atomic E-state index is 12.7. The number of fused-ring (bicyclic) bond motifs is 1. The molecule has 29 heavy (non-hydrogen) atoms. The van der Waals surface area contributed by atoms with Crippen molar-refractivity contribution in [2.24, 2.45) is 23.2 Å². The summed E-state index contributed by atoms with van der Waals surface area (Å²) in [7, 11) is 0. The van der Waals surface area contributed by atoms with Crippen molar-refractivity contribution in [1.29, 1.82) is 0 Å². The molecule has 0 heterocycles. The second-order valence-corrected chi connectivity index (χ2v) is 10.1. The summed E-state index contributed by atoms with van der Waals surface area (Å²) in [5, 5.41) is 11.5. The normalized spacial score (nSPS) is 30.5. The lowest BCUT2D eigenvalue weighted by molar-refractivity contribution is -0.200. The number of phenols is 1. The van der Waals surface area contributed by atoms with E-state index >= 15 is 0 Å². The molecule has 4 heteroatoms. The van der Waals surface area contributed by atoms with Crippen LogP contribution < -0.4 is 4.74 Å². The Bertz CT molecular complexity index is 910. The van der Waals surface area contributed by atoms with Crippen LogP contribution in [0.25, 0.3) is 10.8 Å². The van der Waals surface area contributed by atoms with Gasteiger partial charge in [0, 0.05) is 16.2 Å². The van der Waals surface area contributed by atoms with E-state index < -0.39 is 5.60 Å². The molecule has 0 aromatic heterocycles. The largest absolute Gasteiger partial charge is 0.507 e. The first kappa shape index (κ1) is 18.8. The third kappa shape index (κ3) is 3.17. The fourth-order valence-corrected chi connectivity index (χ4v) is 6.80. The van der Waals surface area contributed by atoms with Gasteiger partial charge in [-0.25, -0.2) is 4.79 Å². The highest BCUT2D eigenvalue weighted by Gasteiger charge is 2.58. The number of hydrogen-bond acceptors (Lipinski definition) is 4. The smallest absolute Gasteiger partial charge is 0.344 e. The molecule has 4 nitrogen and oxygen atoms in total. The van der Waals surface area contributed by atoms with Crippen molar-refractivity contribution in [3.63, 3.8) is 0 Å². The summed E-state index contributed by atoms with van der Waals surface area (Å²) in [5.74, 6) is 2.93. The van der Waals surface area contributed by atoms with E-state index in [0.29, 0.717) is 11.1 Å². The van der Waals surface area contributed by atoms with Gasteiger partial charge in [-0.15, -0.1) is 0 Å². The molecule has 0 radical (unpaired) electrons. The predicted octanol–water partition coefficient (Wildman–Crippen LogP) is 5.46. The van der Waals surface area contributed by atoms with Crippen LogP contribution in [0, 0.1) is 23.2 Å². The molecule has 2 aromatic carbocycles. The number of aromatic hydroxyl groups is 1. The summed E-state index contributed by atoms with van der Waals surface area (Å²) in [4.78, 5) is 12.7. The highest BCUT2D eigenvalue weighted by Crippen LogP contribution is 2.64. The lowest BCUT2D eigenvalue weighted by Gasteiger charge is -2.61. The molecule has 4 aliphatic rings. The van der Waals surface area contributed by atoms with Crippen molar-refractivity contribution >= 4 is 16.7 Å². The van der Waals surface area contributed by atoms with Crippen molar-refractivity contribution in [2.75, 3.05) is 6.61 Å². The van der Waals surface area contributed by atoms with Crippen LogP contribution in [0.4, 0.5) is 0 Å². The Hall–Kier alpha value is -2.23. The SMILES string of the molecule is CC(C)(OC(=O)COc1cccc2c(O)cccc12)C12CC3CC(CC(C3)C1)C2. The zero-order chi connectivity index (χ0) is 20.2. The first-order valence-electron chi connectivity index (χ1n) is 10.9. The summed E-state index contributed by atoms with van der Waals surface area (Å²) < 4.78 is 11.9. The molecule has 0 atom stereocenters. The van der Waals surface area contributed by atoms with Gasteiger partial charge in [0.15, 0.2) is 6.61 Å². The zero-order valence-corrected chi connectivity index (χ0v) is 17.3. The van der Waals surface area contributed by atoms with Crippen molar-refractivity contribution in [2.45, 2.75) is 58.0 Å². The van der Waals surface area contributed by atoms with Gasteiger partial charge in [0.1, 0.15) is 17.1 Å². The van der Waals surface area contributed by atoms with Gasteiger partial charge in [-0.05, 0) is 82.3 Å². The molecule has 0 unspecified atom stereocenters. The van der Waals surface area contributed by atoms with Gasteiger partial charge in [-0.2, -0.15) is 0 Å². The number of rotatable bonds is 5. The molecule has 4 fully saturated rings. The van der Waals surface area contributed by atoms with Gasteiger partial charge in [0.05, 0.1) is 0 Å². The molecule has 1 N–H and O–H groups in total. The van der Waals surface area contributed by atoms with Gasteiger partial charge < -0.3 is 14.6 Å². The number of benzene rings is 2. The van der Waals surface area contributed by atoms with Gasteiger partial charge in [-0.3, -0.25) is 0 Å². The molecule has 154 valence electrons. The Morgan fingerprint density at radius 3 is 2.24 bits per heavy atom. The summed E-state index contributed by atoms with van der Waals surface area (Å²) >= 11 is 0. The van der Waals surface area contributed by atoms with E-state index in [1.54, 1.807) is 12.1 Å². The molecule has 2 aromatic rings. The van der Waals surface area contributed by atoms with Gasteiger partial charge in [0.2, 0.25) is 0 Å². The van der Waals surface area contributed by atoms with Crippen LogP contribution in [-0.2, 0) is 9.53 Å². The van der Waals surface area contributed by atoms with Crippen molar-refractivity contribution in [1.82, 2.24) is 0 Å². The minimum atomic E-state index is -0.472. The average molecular weight is 395 g/mol. The monoisotopic (exact) mass is 394 g/mol. The van der Waals surface area contributed by atoms with Gasteiger partial charge in [0.25, 0.3) is 0 Å². The summed E-state index contributed by atoms with van der Waals surface area (Å²) in [6.07, 6.45) is 7.72. The standard InChI is InChI=1S/C25H30O4/c1-24(2,25-12-16-9-17(13-25)11-18(10-16)14-25)29-23(27)15-28-22-8-4-5-19-20(22)6-3-7-21(19)26/h3-8,16-18,26H,9-15H2,1-2H3. The van der Waals surface area contributed by atoms with Crippen LogP contribution in [0.15, 0.2) is 36.4 Å². The molecule has 0 amide bonds. The van der Waals surface area contributed by atoms with E-state index in [4.69, 9.17) is 9.47 Å². The van der Waals surface area contributed by atoms with Crippen molar-refractivity contribution in [3.05, 3.63) is 36.4 Å². The van der Waals surface area contributed by atoms with Crippen LogP contribution in [0.1, 0.15) is 52.4 Å². The number of esters is 1. The Labute approximate surface area is 172 Å². The Kier molecular flexibility index (Phi) is 4.30. The third-order valence-electron chi connectivity index (χ3n) is 7.89. The Balaban J connectivity index is 1.28. The van der Waals surface area contributed by atoms with Crippen LogP contribution >= 0.6 is 0 Å². The number of carbonyl (C=O) groups excluding carboxylic acids is 1. The minimum absolute atomic E-state index is 0.120. The first-order chi connectivity index (χ1) is 13.9. The summed E-state index contributed by atoms with van der Waals surface area (Å²) in [6.45, 7) is 4.09. The van der Waals surface area contributed by atoms with Crippen LogP contribution in [0.2, 0.25) is 0 Å². The average Bonchev–Trinajstić information content (AvgIpc) is 2.65. The minimum Gasteiger partial charge on any atom is -0.507 e. The summed E-state index contributed by atoms with van der Waals surface area (Å²) in [5.41, 5.74) is -0.344. The van der Waals surface area contributed by atoms with Crippen LogP contribution in [0.3, 0.4) is 0 Å². The Morgan fingerprint density at radius 2 is 1.59 bits per heavy atom. The van der Waals surface area contributed by atoms with E-state index in [0.717, 1.165) is 23.1 Å². The summed E-state index contributed by atoms with van der Waals surface area (Å²) in [6, 6.07) is 10.8. The fraction of sp³-hybridized carbons (Fsp3) is 0.560. The topological polar surface area (TPSA) is 55.8 Å². The number of phenolic OH excluding ortho intramolecular Hbond substituents is 1. The number of hydrogen-bond donors (Lipinski definition) is 1. The molecular formula is C25H30O4. The van der Waals surface area contributed by atoms with Gasteiger partial charge >= 0.3 is 5.97 Å². The van der Waals surface area contributed by atoms with E-state index in [1.165, 1.54) is 38.5 Å².